The highest BCUT2D eigenvalue weighted by Crippen LogP contribution is 2.29. The Balaban J connectivity index is 2.01. The number of hydrogen-bond acceptors (Lipinski definition) is 2. The fourth-order valence-electron chi connectivity index (χ4n) is 2.31. The van der Waals surface area contributed by atoms with E-state index in [0.29, 0.717) is 5.56 Å². The van der Waals surface area contributed by atoms with Gasteiger partial charge in [-0.1, -0.05) is 42.5 Å². The molecular weight excluding hydrogens is 333 g/mol. The number of nitrogens with one attached hydrogen (secondary N) is 1. The molecule has 0 aromatic heterocycles. The molecule has 0 aliphatic heterocycles. The van der Waals surface area contributed by atoms with Crippen LogP contribution in [0.2, 0.25) is 0 Å². The van der Waals surface area contributed by atoms with Gasteiger partial charge in [0.15, 0.2) is 0 Å². The Hall–Kier alpha value is -2.83. The summed E-state index contributed by atoms with van der Waals surface area (Å²) in [7, 11) is 0. The number of nitrogens with two attached hydrogens (primary N) is 1. The van der Waals surface area contributed by atoms with Gasteiger partial charge in [0.05, 0.1) is 12.0 Å². The lowest BCUT2D eigenvalue weighted by molar-refractivity contribution is -0.137. The van der Waals surface area contributed by atoms with Gasteiger partial charge in [-0.2, -0.15) is 13.2 Å². The van der Waals surface area contributed by atoms with Crippen LogP contribution in [0, 0.1) is 0 Å². The van der Waals surface area contributed by atoms with Crippen LogP contribution in [-0.4, -0.2) is 17.9 Å². The van der Waals surface area contributed by atoms with E-state index >= 15 is 0 Å². The largest absolute Gasteiger partial charge is 0.416 e. The first kappa shape index (κ1) is 18.5. The molecule has 2 amide bonds. The van der Waals surface area contributed by atoms with Crippen molar-refractivity contribution < 1.29 is 22.8 Å². The fourth-order valence-corrected chi connectivity index (χ4v) is 2.31. The summed E-state index contributed by atoms with van der Waals surface area (Å²) in [6.07, 6.45) is -4.32. The van der Waals surface area contributed by atoms with Crippen molar-refractivity contribution in [1.82, 2.24) is 5.32 Å². The smallest absolute Gasteiger partial charge is 0.368 e. The Morgan fingerprint density at radius 3 is 2.08 bits per heavy atom. The summed E-state index contributed by atoms with van der Waals surface area (Å²) < 4.78 is 37.7. The third-order valence-corrected chi connectivity index (χ3v) is 3.61. The highest BCUT2D eigenvalue weighted by atomic mass is 19.4. The topological polar surface area (TPSA) is 72.2 Å². The lowest BCUT2D eigenvalue weighted by Crippen LogP contribution is -2.46. The Bertz CT molecular complexity index is 728. The van der Waals surface area contributed by atoms with Gasteiger partial charge in [0.1, 0.15) is 6.04 Å². The van der Waals surface area contributed by atoms with E-state index in [9.17, 15) is 22.8 Å². The molecule has 1 atom stereocenters. The highest BCUT2D eigenvalue weighted by Gasteiger charge is 2.30. The first-order chi connectivity index (χ1) is 11.8. The van der Waals surface area contributed by atoms with E-state index in [1.54, 1.807) is 24.3 Å². The minimum atomic E-state index is -4.43. The number of primary amides is 1. The van der Waals surface area contributed by atoms with Gasteiger partial charge in [-0.05, 0) is 23.3 Å². The number of rotatable bonds is 6. The van der Waals surface area contributed by atoms with Crippen molar-refractivity contribution in [1.29, 1.82) is 0 Å². The van der Waals surface area contributed by atoms with Crippen LogP contribution in [-0.2, 0) is 28.6 Å². The van der Waals surface area contributed by atoms with E-state index in [2.05, 4.69) is 5.32 Å². The Labute approximate surface area is 142 Å². The molecular formula is C18H17F3N2O2. The lowest BCUT2D eigenvalue weighted by Gasteiger charge is -2.16. The summed E-state index contributed by atoms with van der Waals surface area (Å²) in [5, 5.41) is 2.52. The number of hydrogen-bond donors (Lipinski definition) is 2. The van der Waals surface area contributed by atoms with Crippen LogP contribution in [0.25, 0.3) is 0 Å². The van der Waals surface area contributed by atoms with E-state index in [4.69, 9.17) is 5.73 Å². The van der Waals surface area contributed by atoms with E-state index in [0.717, 1.165) is 17.7 Å². The number of benzene rings is 2. The van der Waals surface area contributed by atoms with Crippen LogP contribution >= 0.6 is 0 Å². The molecule has 132 valence electrons. The molecule has 0 radical (unpaired) electrons. The Kier molecular flexibility index (Phi) is 5.80. The second-order valence-corrected chi connectivity index (χ2v) is 5.58. The molecule has 0 aliphatic carbocycles. The maximum atomic E-state index is 12.6. The number of halogens is 3. The molecule has 0 fully saturated rings. The molecule has 0 saturated carbocycles. The van der Waals surface area contributed by atoms with Gasteiger partial charge in [0.2, 0.25) is 11.8 Å². The Morgan fingerprint density at radius 1 is 0.960 bits per heavy atom. The van der Waals surface area contributed by atoms with Crippen molar-refractivity contribution in [3.05, 3.63) is 71.3 Å². The molecule has 0 aliphatic rings. The number of carbonyl (C=O) groups is 2. The summed E-state index contributed by atoms with van der Waals surface area (Å²) in [5.41, 5.74) is 5.76. The molecule has 0 bridgehead atoms. The van der Waals surface area contributed by atoms with E-state index in [1.165, 1.54) is 12.1 Å². The normalized spacial score (nSPS) is 12.4. The number of alkyl halides is 3. The molecule has 4 nitrogen and oxygen atoms in total. The van der Waals surface area contributed by atoms with Crippen LogP contribution in [0.1, 0.15) is 16.7 Å². The van der Waals surface area contributed by atoms with Crippen LogP contribution in [0.3, 0.4) is 0 Å². The maximum Gasteiger partial charge on any atom is 0.416 e. The summed E-state index contributed by atoms with van der Waals surface area (Å²) in [4.78, 5) is 23.6. The molecule has 2 rings (SSSR count). The van der Waals surface area contributed by atoms with Crippen molar-refractivity contribution >= 4 is 11.8 Å². The van der Waals surface area contributed by atoms with Crippen molar-refractivity contribution in [3.8, 4) is 0 Å². The number of carbonyl (C=O) groups excluding carboxylic acids is 2. The minimum Gasteiger partial charge on any atom is -0.368 e. The fraction of sp³-hybridized carbons (Fsp3) is 0.222. The second kappa shape index (κ2) is 7.83. The summed E-state index contributed by atoms with van der Waals surface area (Å²) in [6, 6.07) is 12.3. The molecule has 2 aromatic carbocycles. The minimum absolute atomic E-state index is 0.0218. The third kappa shape index (κ3) is 5.63. The Morgan fingerprint density at radius 2 is 1.56 bits per heavy atom. The average Bonchev–Trinajstić information content (AvgIpc) is 2.54. The van der Waals surface area contributed by atoms with E-state index in [1.807, 2.05) is 6.07 Å². The van der Waals surface area contributed by atoms with Gasteiger partial charge in [-0.25, -0.2) is 0 Å². The van der Waals surface area contributed by atoms with Crippen molar-refractivity contribution in [3.63, 3.8) is 0 Å². The maximum absolute atomic E-state index is 12.6. The molecule has 0 spiro atoms. The van der Waals surface area contributed by atoms with Gasteiger partial charge in [0.25, 0.3) is 0 Å². The SMILES string of the molecule is NC(=O)[C@H](Cc1ccc(C(F)(F)F)cc1)NC(=O)Cc1ccccc1. The summed E-state index contributed by atoms with van der Waals surface area (Å²) in [5.74, 6) is -1.14. The predicted octanol–water partition coefficient (Wildman–Crippen LogP) is 2.46. The molecule has 0 unspecified atom stereocenters. The highest BCUT2D eigenvalue weighted by molar-refractivity contribution is 5.87. The van der Waals surface area contributed by atoms with Crippen LogP contribution in [0.5, 0.6) is 0 Å². The van der Waals surface area contributed by atoms with E-state index < -0.39 is 23.7 Å². The molecule has 2 aromatic rings. The monoisotopic (exact) mass is 350 g/mol. The van der Waals surface area contributed by atoms with Crippen LogP contribution in [0.15, 0.2) is 54.6 Å². The van der Waals surface area contributed by atoms with Gasteiger partial charge < -0.3 is 11.1 Å². The molecule has 7 heteroatoms. The van der Waals surface area contributed by atoms with Crippen molar-refractivity contribution in [2.75, 3.05) is 0 Å². The molecule has 25 heavy (non-hydrogen) atoms. The zero-order chi connectivity index (χ0) is 18.4. The first-order valence-electron chi connectivity index (χ1n) is 7.54. The zero-order valence-electron chi connectivity index (χ0n) is 13.2. The third-order valence-electron chi connectivity index (χ3n) is 3.61. The molecule has 3 N–H and O–H groups in total. The van der Waals surface area contributed by atoms with Crippen molar-refractivity contribution in [2.45, 2.75) is 25.1 Å². The van der Waals surface area contributed by atoms with Crippen LogP contribution < -0.4 is 11.1 Å². The van der Waals surface area contributed by atoms with E-state index in [-0.39, 0.29) is 18.7 Å². The zero-order valence-corrected chi connectivity index (χ0v) is 13.2. The van der Waals surface area contributed by atoms with Gasteiger partial charge in [0, 0.05) is 6.42 Å². The standard InChI is InChI=1S/C18H17F3N2O2/c19-18(20,21)14-8-6-13(7-9-14)10-15(17(22)25)23-16(24)11-12-4-2-1-3-5-12/h1-9,15H,10-11H2,(H2,22,25)(H,23,24)/t15-/m0/s1. The second-order valence-electron chi connectivity index (χ2n) is 5.58. The van der Waals surface area contributed by atoms with Crippen LogP contribution in [0.4, 0.5) is 13.2 Å². The quantitative estimate of drug-likeness (QED) is 0.840. The van der Waals surface area contributed by atoms with Gasteiger partial charge >= 0.3 is 6.18 Å². The van der Waals surface area contributed by atoms with Crippen molar-refractivity contribution in [2.24, 2.45) is 5.73 Å². The average molecular weight is 350 g/mol. The summed E-state index contributed by atoms with van der Waals surface area (Å²) >= 11 is 0. The van der Waals surface area contributed by atoms with Gasteiger partial charge in [-0.3, -0.25) is 9.59 Å². The molecule has 0 saturated heterocycles. The van der Waals surface area contributed by atoms with Gasteiger partial charge in [-0.15, -0.1) is 0 Å². The lowest BCUT2D eigenvalue weighted by atomic mass is 10.0. The first-order valence-corrected chi connectivity index (χ1v) is 7.54. The predicted molar refractivity (Wildman–Crippen MR) is 86.4 cm³/mol. The summed E-state index contributed by atoms with van der Waals surface area (Å²) in [6.45, 7) is 0. The molecule has 0 heterocycles. The number of amides is 2.